The van der Waals surface area contributed by atoms with Crippen molar-refractivity contribution in [3.8, 4) is 5.75 Å². The first-order chi connectivity index (χ1) is 17.0. The van der Waals surface area contributed by atoms with E-state index in [-0.39, 0.29) is 12.5 Å². The number of hydrogen-bond acceptors (Lipinski definition) is 9. The first-order valence-electron chi connectivity index (χ1n) is 11.6. The monoisotopic (exact) mass is 506 g/mol. The van der Waals surface area contributed by atoms with Crippen molar-refractivity contribution >= 4 is 17.7 Å². The number of aromatic amines is 1. The molecule has 1 amide bonds. The first kappa shape index (κ1) is 27.2. The van der Waals surface area contributed by atoms with E-state index in [1.807, 2.05) is 30.0 Å². The maximum absolute atomic E-state index is 13.5. The van der Waals surface area contributed by atoms with E-state index in [1.54, 1.807) is 7.11 Å². The summed E-state index contributed by atoms with van der Waals surface area (Å²) in [4.78, 5) is 33.6. The lowest BCUT2D eigenvalue weighted by Gasteiger charge is -2.32. The molecule has 11 heteroatoms. The molecule has 3 N–H and O–H groups in total. The van der Waals surface area contributed by atoms with Crippen molar-refractivity contribution in [2.75, 3.05) is 59.8 Å². The molecular weight excluding hydrogens is 472 g/mol. The fourth-order valence-electron chi connectivity index (χ4n) is 3.62. The molecule has 0 saturated carbocycles. The van der Waals surface area contributed by atoms with Crippen LogP contribution < -0.4 is 16.2 Å². The number of amides is 1. The number of rotatable bonds is 14. The third-order valence-electron chi connectivity index (χ3n) is 5.50. The van der Waals surface area contributed by atoms with Crippen LogP contribution in [0.25, 0.3) is 0 Å². The molecule has 3 rings (SSSR count). The van der Waals surface area contributed by atoms with Gasteiger partial charge in [0.25, 0.3) is 0 Å². The van der Waals surface area contributed by atoms with E-state index < -0.39 is 10.9 Å². The van der Waals surface area contributed by atoms with Crippen LogP contribution in [0.5, 0.6) is 5.75 Å². The summed E-state index contributed by atoms with van der Waals surface area (Å²) in [6.45, 7) is 5.81. The Morgan fingerprint density at radius 1 is 1.17 bits per heavy atom. The fraction of sp³-hybridized carbons (Fsp3) is 0.542. The van der Waals surface area contributed by atoms with Crippen molar-refractivity contribution < 1.29 is 23.7 Å². The van der Waals surface area contributed by atoms with Gasteiger partial charge in [-0.15, -0.1) is 0 Å². The maximum atomic E-state index is 13.5. The second-order valence-electron chi connectivity index (χ2n) is 8.04. The molecule has 1 atom stereocenters. The number of hydrogen-bond donors (Lipinski definition) is 2. The smallest absolute Gasteiger partial charge is 0.345 e. The van der Waals surface area contributed by atoms with E-state index >= 15 is 0 Å². The average Bonchev–Trinajstić information content (AvgIpc) is 2.87. The summed E-state index contributed by atoms with van der Waals surface area (Å²) in [6, 6.07) is 5.94. The van der Waals surface area contributed by atoms with Crippen molar-refractivity contribution in [3.05, 3.63) is 51.6 Å². The lowest BCUT2D eigenvalue weighted by atomic mass is 9.99. The molecule has 35 heavy (non-hydrogen) atoms. The molecule has 0 saturated heterocycles. The highest BCUT2D eigenvalue weighted by atomic mass is 32.2. The predicted molar refractivity (Wildman–Crippen MR) is 133 cm³/mol. The zero-order valence-corrected chi connectivity index (χ0v) is 21.1. The quantitative estimate of drug-likeness (QED) is 0.220. The highest BCUT2D eigenvalue weighted by Crippen LogP contribution is 2.28. The predicted octanol–water partition coefficient (Wildman–Crippen LogP) is 1.14. The van der Waals surface area contributed by atoms with Gasteiger partial charge in [0.2, 0.25) is 5.91 Å². The molecule has 1 aromatic heterocycles. The standard InChI is InChI=1S/C24H34N4O6S/c1-17-14-26-24(30)27-22(17)35-21(16-34-12-11-33-10-9-32-8-6-25)23(29)28-7-5-18-13-20(31-2)4-3-19(18)15-28/h3-4,13-14,21H,5-12,15-16,25H2,1-2H3,(H,26,27,30). The maximum Gasteiger partial charge on any atom is 0.345 e. The van der Waals surface area contributed by atoms with Crippen LogP contribution in [0.1, 0.15) is 16.7 Å². The zero-order valence-electron chi connectivity index (χ0n) is 20.3. The van der Waals surface area contributed by atoms with Gasteiger partial charge in [0.15, 0.2) is 0 Å². The van der Waals surface area contributed by atoms with Gasteiger partial charge in [0.1, 0.15) is 11.0 Å². The van der Waals surface area contributed by atoms with Crippen LogP contribution >= 0.6 is 11.8 Å². The molecule has 10 nitrogen and oxygen atoms in total. The minimum absolute atomic E-state index is 0.0374. The number of nitrogens with zero attached hydrogens (tertiary/aromatic N) is 2. The van der Waals surface area contributed by atoms with E-state index in [4.69, 9.17) is 24.7 Å². The lowest BCUT2D eigenvalue weighted by molar-refractivity contribution is -0.132. The van der Waals surface area contributed by atoms with Gasteiger partial charge in [-0.1, -0.05) is 17.8 Å². The molecule has 1 unspecified atom stereocenters. The molecular formula is C24H34N4O6S. The topological polar surface area (TPSA) is 129 Å². The number of carbonyl (C=O) groups is 1. The van der Waals surface area contributed by atoms with Gasteiger partial charge in [0, 0.05) is 25.8 Å². The Morgan fingerprint density at radius 2 is 1.91 bits per heavy atom. The van der Waals surface area contributed by atoms with E-state index in [1.165, 1.54) is 23.5 Å². The number of methoxy groups -OCH3 is 1. The Kier molecular flexibility index (Phi) is 11.0. The Bertz CT molecular complexity index is 1020. The molecule has 0 fully saturated rings. The molecule has 2 aromatic rings. The fourth-order valence-corrected chi connectivity index (χ4v) is 4.71. The molecule has 0 bridgehead atoms. The van der Waals surface area contributed by atoms with Crippen molar-refractivity contribution in [1.82, 2.24) is 14.9 Å². The number of nitrogens with one attached hydrogen (secondary N) is 1. The summed E-state index contributed by atoms with van der Waals surface area (Å²) in [5, 5.41) is 0.0850. The SMILES string of the molecule is COc1ccc2c(c1)CCN(C(=O)C(COCCOCCOCCN)Sc1[nH]c(=O)ncc1C)C2. The molecule has 192 valence electrons. The van der Waals surface area contributed by atoms with E-state index in [2.05, 4.69) is 9.97 Å². The average molecular weight is 507 g/mol. The van der Waals surface area contributed by atoms with Crippen LogP contribution in [0.4, 0.5) is 0 Å². The summed E-state index contributed by atoms with van der Waals surface area (Å²) in [6.07, 6.45) is 2.26. The zero-order chi connectivity index (χ0) is 25.0. The Morgan fingerprint density at radius 3 is 2.66 bits per heavy atom. The van der Waals surface area contributed by atoms with Crippen LogP contribution in [0.2, 0.25) is 0 Å². The lowest BCUT2D eigenvalue weighted by Crippen LogP contribution is -2.42. The van der Waals surface area contributed by atoms with Crippen molar-refractivity contribution in [1.29, 1.82) is 0 Å². The van der Waals surface area contributed by atoms with Crippen molar-refractivity contribution in [2.45, 2.75) is 30.2 Å². The summed E-state index contributed by atoms with van der Waals surface area (Å²) in [7, 11) is 1.65. The number of aromatic nitrogens is 2. The van der Waals surface area contributed by atoms with Gasteiger partial charge in [-0.2, -0.15) is 0 Å². The minimum atomic E-state index is -0.528. The van der Waals surface area contributed by atoms with Crippen LogP contribution in [0.15, 0.2) is 34.2 Å². The molecule has 0 radical (unpaired) electrons. The van der Waals surface area contributed by atoms with Crippen LogP contribution in [0, 0.1) is 6.92 Å². The number of carbonyl (C=O) groups excluding carboxylic acids is 1. The van der Waals surface area contributed by atoms with Gasteiger partial charge in [-0.3, -0.25) is 4.79 Å². The second-order valence-corrected chi connectivity index (χ2v) is 9.25. The van der Waals surface area contributed by atoms with Crippen molar-refractivity contribution in [2.24, 2.45) is 5.73 Å². The van der Waals surface area contributed by atoms with E-state index in [0.717, 1.165) is 23.3 Å². The second kappa shape index (κ2) is 14.2. The minimum Gasteiger partial charge on any atom is -0.497 e. The number of thioether (sulfide) groups is 1. The summed E-state index contributed by atoms with van der Waals surface area (Å²) >= 11 is 1.29. The van der Waals surface area contributed by atoms with Crippen molar-refractivity contribution in [3.63, 3.8) is 0 Å². The number of H-pyrrole nitrogens is 1. The highest BCUT2D eigenvalue weighted by molar-refractivity contribution is 8.00. The number of nitrogens with two attached hydrogens (primary N) is 1. The molecule has 1 aliphatic rings. The van der Waals surface area contributed by atoms with Crippen LogP contribution in [0.3, 0.4) is 0 Å². The molecule has 0 aliphatic carbocycles. The third kappa shape index (κ3) is 8.32. The number of benzene rings is 1. The van der Waals surface area contributed by atoms with Gasteiger partial charge < -0.3 is 34.6 Å². The highest BCUT2D eigenvalue weighted by Gasteiger charge is 2.29. The van der Waals surface area contributed by atoms with Crippen LogP contribution in [-0.4, -0.2) is 85.9 Å². The van der Waals surface area contributed by atoms with Gasteiger partial charge >= 0.3 is 5.69 Å². The van der Waals surface area contributed by atoms with E-state index in [9.17, 15) is 9.59 Å². The summed E-state index contributed by atoms with van der Waals surface area (Å²) in [5.41, 5.74) is 8.02. The molecule has 0 spiro atoms. The van der Waals surface area contributed by atoms with Gasteiger partial charge in [-0.05, 0) is 42.2 Å². The Balaban J connectivity index is 1.60. The molecule has 1 aromatic carbocycles. The van der Waals surface area contributed by atoms with Gasteiger partial charge in [-0.25, -0.2) is 9.78 Å². The normalized spacial score (nSPS) is 14.0. The van der Waals surface area contributed by atoms with Crippen LogP contribution in [-0.2, 0) is 32.0 Å². The largest absolute Gasteiger partial charge is 0.497 e. The Labute approximate surface area is 209 Å². The van der Waals surface area contributed by atoms with E-state index in [0.29, 0.717) is 57.7 Å². The summed E-state index contributed by atoms with van der Waals surface area (Å²) < 4.78 is 21.9. The number of aryl methyl sites for hydroxylation is 1. The van der Waals surface area contributed by atoms with Gasteiger partial charge in [0.05, 0.1) is 51.8 Å². The third-order valence-corrected chi connectivity index (χ3v) is 6.78. The molecule has 2 heterocycles. The molecule has 1 aliphatic heterocycles. The number of fused-ring (bicyclic) bond motifs is 1. The Hall–Kier alpha value is -2.44. The summed E-state index contributed by atoms with van der Waals surface area (Å²) in [5.74, 6) is 0.778. The first-order valence-corrected chi connectivity index (χ1v) is 12.5. The number of ether oxygens (including phenoxy) is 4.